The van der Waals surface area contributed by atoms with Crippen LogP contribution in [0.15, 0.2) is 78.9 Å². The van der Waals surface area contributed by atoms with Crippen molar-refractivity contribution in [3.05, 3.63) is 101 Å². The van der Waals surface area contributed by atoms with Crippen molar-refractivity contribution in [2.75, 3.05) is 26.8 Å². The number of carbonyl (C=O) groups excluding carboxylic acids is 3. The largest absolute Gasteiger partial charge is 0.497 e. The van der Waals surface area contributed by atoms with Crippen molar-refractivity contribution in [3.63, 3.8) is 0 Å². The zero-order valence-electron chi connectivity index (χ0n) is 23.1. The minimum atomic E-state index is -0.988. The molecule has 2 atom stereocenters. The van der Waals surface area contributed by atoms with E-state index < -0.39 is 11.8 Å². The molecule has 0 unspecified atom stereocenters. The first kappa shape index (κ1) is 27.4. The zero-order valence-corrected chi connectivity index (χ0v) is 23.1. The molecule has 2 saturated heterocycles. The Labute approximate surface area is 234 Å². The molecule has 0 radical (unpaired) electrons. The number of benzene rings is 3. The maximum Gasteiger partial charge on any atom is 0.256 e. The molecule has 40 heavy (non-hydrogen) atoms. The molecule has 3 aromatic rings. The van der Waals surface area contributed by atoms with Crippen molar-refractivity contribution < 1.29 is 23.9 Å². The van der Waals surface area contributed by atoms with E-state index in [0.717, 1.165) is 11.1 Å². The Hall–Kier alpha value is -4.17. The molecular formula is C32H35N3O5. The van der Waals surface area contributed by atoms with Gasteiger partial charge in [0, 0.05) is 37.1 Å². The quantitative estimate of drug-likeness (QED) is 0.501. The fourth-order valence-corrected chi connectivity index (χ4v) is 5.59. The van der Waals surface area contributed by atoms with Crippen LogP contribution in [0.1, 0.15) is 57.7 Å². The van der Waals surface area contributed by atoms with E-state index in [2.05, 4.69) is 5.32 Å². The van der Waals surface area contributed by atoms with Gasteiger partial charge in [-0.3, -0.25) is 19.3 Å². The lowest BCUT2D eigenvalue weighted by Gasteiger charge is -2.44. The number of piperidine rings is 1. The van der Waals surface area contributed by atoms with Gasteiger partial charge in [-0.2, -0.15) is 0 Å². The van der Waals surface area contributed by atoms with Crippen molar-refractivity contribution in [2.45, 2.75) is 44.5 Å². The summed E-state index contributed by atoms with van der Waals surface area (Å²) in [6, 6.07) is 23.0. The van der Waals surface area contributed by atoms with E-state index in [1.165, 1.54) is 0 Å². The van der Waals surface area contributed by atoms with Gasteiger partial charge in [0.2, 0.25) is 5.91 Å². The van der Waals surface area contributed by atoms with E-state index in [1.54, 1.807) is 41.2 Å². The second-order valence-corrected chi connectivity index (χ2v) is 10.5. The number of rotatable bonds is 6. The van der Waals surface area contributed by atoms with E-state index in [0.29, 0.717) is 42.8 Å². The second kappa shape index (κ2) is 11.5. The second-order valence-electron chi connectivity index (χ2n) is 10.5. The van der Waals surface area contributed by atoms with Crippen LogP contribution in [0.4, 0.5) is 0 Å². The minimum Gasteiger partial charge on any atom is -0.497 e. The summed E-state index contributed by atoms with van der Waals surface area (Å²) in [5, 5.41) is 3.07. The van der Waals surface area contributed by atoms with Crippen LogP contribution in [0.3, 0.4) is 0 Å². The van der Waals surface area contributed by atoms with E-state index in [1.807, 2.05) is 68.4 Å². The van der Waals surface area contributed by atoms with Gasteiger partial charge in [-0.15, -0.1) is 0 Å². The Bertz CT molecular complexity index is 1370. The summed E-state index contributed by atoms with van der Waals surface area (Å²) in [4.78, 5) is 44.2. The summed E-state index contributed by atoms with van der Waals surface area (Å²) in [6.45, 7) is 4.79. The van der Waals surface area contributed by atoms with Crippen molar-refractivity contribution >= 4 is 17.7 Å². The Morgan fingerprint density at radius 3 is 2.27 bits per heavy atom. The lowest BCUT2D eigenvalue weighted by Crippen LogP contribution is -2.60. The third-order valence-electron chi connectivity index (χ3n) is 7.87. The SMILES string of the molecule is COc1ccc(C(=O)N2[C@@H](C(=O)N[C@@H](C)c3ccccc3)COC23CCN(C(=O)c2cccc(C)c2)CC3)cc1. The number of aryl methyl sites for hydroxylation is 1. The molecule has 5 rings (SSSR count). The van der Waals surface area contributed by atoms with E-state index >= 15 is 0 Å². The number of hydrogen-bond donors (Lipinski definition) is 1. The molecular weight excluding hydrogens is 506 g/mol. The fourth-order valence-electron chi connectivity index (χ4n) is 5.59. The van der Waals surface area contributed by atoms with Crippen molar-refractivity contribution in [1.29, 1.82) is 0 Å². The summed E-state index contributed by atoms with van der Waals surface area (Å²) in [6.07, 6.45) is 0.814. The topological polar surface area (TPSA) is 88.2 Å². The van der Waals surface area contributed by atoms with Crippen LogP contribution in [0, 0.1) is 6.92 Å². The van der Waals surface area contributed by atoms with E-state index in [9.17, 15) is 14.4 Å². The number of nitrogens with zero attached hydrogens (tertiary/aromatic N) is 2. The number of likely N-dealkylation sites (tertiary alicyclic amines) is 1. The number of carbonyl (C=O) groups is 3. The first-order valence-corrected chi connectivity index (χ1v) is 13.6. The maximum absolute atomic E-state index is 14.0. The molecule has 0 aromatic heterocycles. The summed E-state index contributed by atoms with van der Waals surface area (Å²) in [5.74, 6) is 0.0351. The molecule has 0 aliphatic carbocycles. The molecule has 2 aliphatic heterocycles. The molecule has 8 nitrogen and oxygen atoms in total. The first-order chi connectivity index (χ1) is 19.3. The van der Waals surface area contributed by atoms with Crippen LogP contribution in [-0.4, -0.2) is 66.1 Å². The predicted molar refractivity (Wildman–Crippen MR) is 151 cm³/mol. The maximum atomic E-state index is 14.0. The average Bonchev–Trinajstić information content (AvgIpc) is 3.35. The molecule has 2 aliphatic rings. The highest BCUT2D eigenvalue weighted by Crippen LogP contribution is 2.39. The lowest BCUT2D eigenvalue weighted by molar-refractivity contribution is -0.128. The van der Waals surface area contributed by atoms with Crippen LogP contribution < -0.4 is 10.1 Å². The van der Waals surface area contributed by atoms with Gasteiger partial charge in [-0.05, 0) is 55.8 Å². The van der Waals surface area contributed by atoms with Crippen LogP contribution in [-0.2, 0) is 9.53 Å². The standard InChI is InChI=1S/C32H35N3O5/c1-22-8-7-11-26(20-22)30(37)34-18-16-32(17-19-34)35(31(38)25-12-14-27(39-3)15-13-25)28(21-40-32)29(36)33-23(2)24-9-5-4-6-10-24/h4-15,20,23,28H,16-19,21H2,1-3H3,(H,33,36)/t23-,28+/m0/s1. The molecule has 1 N–H and O–H groups in total. The number of amides is 3. The highest BCUT2D eigenvalue weighted by molar-refractivity contribution is 5.99. The molecule has 3 aromatic carbocycles. The van der Waals surface area contributed by atoms with Gasteiger partial charge in [0.1, 0.15) is 17.5 Å². The van der Waals surface area contributed by atoms with Gasteiger partial charge < -0.3 is 19.7 Å². The Morgan fingerprint density at radius 1 is 0.925 bits per heavy atom. The highest BCUT2D eigenvalue weighted by Gasteiger charge is 2.54. The molecule has 2 fully saturated rings. The first-order valence-electron chi connectivity index (χ1n) is 13.6. The third-order valence-corrected chi connectivity index (χ3v) is 7.87. The summed E-state index contributed by atoms with van der Waals surface area (Å²) >= 11 is 0. The monoisotopic (exact) mass is 541 g/mol. The minimum absolute atomic E-state index is 0.0458. The number of methoxy groups -OCH3 is 1. The Morgan fingerprint density at radius 2 is 1.62 bits per heavy atom. The molecule has 0 saturated carbocycles. The van der Waals surface area contributed by atoms with Crippen LogP contribution in [0.2, 0.25) is 0 Å². The highest BCUT2D eigenvalue weighted by atomic mass is 16.5. The van der Waals surface area contributed by atoms with Gasteiger partial charge in [0.25, 0.3) is 11.8 Å². The third kappa shape index (κ3) is 5.45. The van der Waals surface area contributed by atoms with Gasteiger partial charge in [-0.1, -0.05) is 48.0 Å². The summed E-state index contributed by atoms with van der Waals surface area (Å²) in [7, 11) is 1.57. The molecule has 0 bridgehead atoms. The Balaban J connectivity index is 1.38. The van der Waals surface area contributed by atoms with Gasteiger partial charge >= 0.3 is 0 Å². The zero-order chi connectivity index (χ0) is 28.3. The smallest absolute Gasteiger partial charge is 0.256 e. The fraction of sp³-hybridized carbons (Fsp3) is 0.344. The lowest BCUT2D eigenvalue weighted by atomic mass is 9.95. The van der Waals surface area contributed by atoms with Crippen LogP contribution >= 0.6 is 0 Å². The molecule has 2 heterocycles. The summed E-state index contributed by atoms with van der Waals surface area (Å²) in [5.41, 5.74) is 2.09. The molecule has 3 amide bonds. The summed E-state index contributed by atoms with van der Waals surface area (Å²) < 4.78 is 11.6. The number of hydrogen-bond acceptors (Lipinski definition) is 5. The number of nitrogens with one attached hydrogen (secondary N) is 1. The van der Waals surface area contributed by atoms with Crippen LogP contribution in [0.5, 0.6) is 5.75 Å². The average molecular weight is 542 g/mol. The van der Waals surface area contributed by atoms with Gasteiger partial charge in [-0.25, -0.2) is 0 Å². The predicted octanol–water partition coefficient (Wildman–Crippen LogP) is 4.35. The van der Waals surface area contributed by atoms with Gasteiger partial charge in [0.05, 0.1) is 19.8 Å². The Kier molecular flexibility index (Phi) is 7.89. The molecule has 208 valence electrons. The number of ether oxygens (including phenoxy) is 2. The van der Waals surface area contributed by atoms with E-state index in [4.69, 9.17) is 9.47 Å². The van der Waals surface area contributed by atoms with Crippen molar-refractivity contribution in [1.82, 2.24) is 15.1 Å². The van der Waals surface area contributed by atoms with E-state index in [-0.39, 0.29) is 30.4 Å². The van der Waals surface area contributed by atoms with Crippen molar-refractivity contribution in [3.8, 4) is 5.75 Å². The van der Waals surface area contributed by atoms with Crippen LogP contribution in [0.25, 0.3) is 0 Å². The van der Waals surface area contributed by atoms with Crippen molar-refractivity contribution in [2.24, 2.45) is 0 Å². The van der Waals surface area contributed by atoms with Gasteiger partial charge in [0.15, 0.2) is 0 Å². The molecule has 1 spiro atoms. The molecule has 8 heteroatoms. The normalized spacial score (nSPS) is 18.8.